The molecule has 1 unspecified atom stereocenters. The molecule has 1 atom stereocenters. The van der Waals surface area contributed by atoms with Crippen molar-refractivity contribution < 1.29 is 0 Å². The molecule has 1 rings (SSSR count). The molecule has 0 spiro atoms. The Morgan fingerprint density at radius 3 is 2.59 bits per heavy atom. The van der Waals surface area contributed by atoms with Gasteiger partial charge in [0.1, 0.15) is 0 Å². The number of unbranched alkanes of at least 4 members (excludes halogenated alkanes) is 5. The Bertz CT molecular complexity index is 310. The lowest BCUT2D eigenvalue weighted by molar-refractivity contribution is 0.539. The van der Waals surface area contributed by atoms with Gasteiger partial charge in [0.25, 0.3) is 0 Å². The van der Waals surface area contributed by atoms with Gasteiger partial charge in [-0.25, -0.2) is 0 Å². The molecular weight excluding hydrogens is 208 g/mol. The van der Waals surface area contributed by atoms with Crippen molar-refractivity contribution in [2.45, 2.75) is 64.8 Å². The molecule has 17 heavy (non-hydrogen) atoms. The fourth-order valence-electron chi connectivity index (χ4n) is 2.17. The second kappa shape index (κ2) is 8.24. The van der Waals surface area contributed by atoms with E-state index in [0.29, 0.717) is 0 Å². The van der Waals surface area contributed by atoms with Gasteiger partial charge in [0.15, 0.2) is 0 Å². The van der Waals surface area contributed by atoms with Crippen LogP contribution in [0.15, 0.2) is 18.3 Å². The second-order valence-electron chi connectivity index (χ2n) is 4.87. The molecule has 1 aromatic heterocycles. The highest BCUT2D eigenvalue weighted by Crippen LogP contribution is 2.18. The molecule has 96 valence electrons. The molecule has 0 bridgehead atoms. The van der Waals surface area contributed by atoms with Gasteiger partial charge in [-0.1, -0.05) is 51.5 Å². The van der Waals surface area contributed by atoms with Gasteiger partial charge in [0, 0.05) is 12.2 Å². The summed E-state index contributed by atoms with van der Waals surface area (Å²) in [4.78, 5) is 4.38. The lowest BCUT2D eigenvalue weighted by Gasteiger charge is -2.13. The summed E-state index contributed by atoms with van der Waals surface area (Å²) in [5.41, 5.74) is 8.46. The van der Waals surface area contributed by atoms with Crippen LogP contribution in [0.4, 0.5) is 0 Å². The Labute approximate surface area is 106 Å². The summed E-state index contributed by atoms with van der Waals surface area (Å²) in [5, 5.41) is 0. The van der Waals surface area contributed by atoms with E-state index in [9.17, 15) is 0 Å². The van der Waals surface area contributed by atoms with Crippen LogP contribution in [-0.4, -0.2) is 4.98 Å². The first kappa shape index (κ1) is 14.2. The number of aryl methyl sites for hydroxylation is 1. The van der Waals surface area contributed by atoms with Crippen LogP contribution in [0.5, 0.6) is 0 Å². The molecule has 0 aromatic carbocycles. The Hall–Kier alpha value is -0.890. The predicted molar refractivity (Wildman–Crippen MR) is 73.9 cm³/mol. The maximum absolute atomic E-state index is 6.17. The maximum Gasteiger partial charge on any atom is 0.0600 e. The van der Waals surface area contributed by atoms with Crippen LogP contribution in [0.2, 0.25) is 0 Å². The van der Waals surface area contributed by atoms with Gasteiger partial charge in [-0.3, -0.25) is 4.98 Å². The minimum Gasteiger partial charge on any atom is -0.323 e. The fourth-order valence-corrected chi connectivity index (χ4v) is 2.17. The molecule has 2 nitrogen and oxygen atoms in total. The van der Waals surface area contributed by atoms with Gasteiger partial charge in [-0.2, -0.15) is 0 Å². The fraction of sp³-hybridized carbons (Fsp3) is 0.667. The normalized spacial score (nSPS) is 12.6. The molecular formula is C15H26N2. The second-order valence-corrected chi connectivity index (χ2v) is 4.87. The first-order valence-electron chi connectivity index (χ1n) is 6.92. The standard InChI is InChI=1S/C15H26N2/c1-3-4-5-6-7-8-11-14(16)15-13(2)10-9-12-17-15/h9-10,12,14H,3-8,11,16H2,1-2H3. The summed E-state index contributed by atoms with van der Waals surface area (Å²) in [6.07, 6.45) is 10.8. The molecule has 1 heterocycles. The van der Waals surface area contributed by atoms with E-state index in [4.69, 9.17) is 5.73 Å². The lowest BCUT2D eigenvalue weighted by Crippen LogP contribution is -2.13. The quantitative estimate of drug-likeness (QED) is 0.686. The molecule has 1 aromatic rings. The third-order valence-corrected chi connectivity index (χ3v) is 3.27. The van der Waals surface area contributed by atoms with E-state index in [-0.39, 0.29) is 6.04 Å². The van der Waals surface area contributed by atoms with Crippen LogP contribution in [0, 0.1) is 6.92 Å². The summed E-state index contributed by atoms with van der Waals surface area (Å²) < 4.78 is 0. The van der Waals surface area contributed by atoms with Crippen molar-refractivity contribution in [2.75, 3.05) is 0 Å². The molecule has 0 radical (unpaired) electrons. The van der Waals surface area contributed by atoms with Crippen molar-refractivity contribution in [1.82, 2.24) is 4.98 Å². The minimum atomic E-state index is 0.113. The van der Waals surface area contributed by atoms with Gasteiger partial charge in [-0.05, 0) is 25.0 Å². The van der Waals surface area contributed by atoms with Crippen molar-refractivity contribution in [1.29, 1.82) is 0 Å². The van der Waals surface area contributed by atoms with E-state index in [1.807, 2.05) is 12.3 Å². The van der Waals surface area contributed by atoms with Gasteiger partial charge in [-0.15, -0.1) is 0 Å². The molecule has 0 fully saturated rings. The first-order valence-corrected chi connectivity index (χ1v) is 6.92. The van der Waals surface area contributed by atoms with Crippen LogP contribution in [-0.2, 0) is 0 Å². The van der Waals surface area contributed by atoms with Gasteiger partial charge in [0.05, 0.1) is 5.69 Å². The highest BCUT2D eigenvalue weighted by Gasteiger charge is 2.09. The Morgan fingerprint density at radius 2 is 1.88 bits per heavy atom. The largest absolute Gasteiger partial charge is 0.323 e. The van der Waals surface area contributed by atoms with Crippen LogP contribution in [0.3, 0.4) is 0 Å². The maximum atomic E-state index is 6.17. The van der Waals surface area contributed by atoms with Crippen LogP contribution < -0.4 is 5.73 Å². The predicted octanol–water partition coefficient (Wildman–Crippen LogP) is 4.14. The number of rotatable bonds is 8. The van der Waals surface area contributed by atoms with Crippen molar-refractivity contribution in [3.05, 3.63) is 29.6 Å². The van der Waals surface area contributed by atoms with Crippen LogP contribution >= 0.6 is 0 Å². The Balaban J connectivity index is 2.21. The molecule has 0 aliphatic heterocycles. The monoisotopic (exact) mass is 234 g/mol. The number of hydrogen-bond donors (Lipinski definition) is 1. The molecule has 0 saturated carbocycles. The van der Waals surface area contributed by atoms with E-state index >= 15 is 0 Å². The molecule has 2 heteroatoms. The minimum absolute atomic E-state index is 0.113. The van der Waals surface area contributed by atoms with E-state index in [1.54, 1.807) is 0 Å². The molecule has 0 aliphatic carbocycles. The number of pyridine rings is 1. The van der Waals surface area contributed by atoms with Gasteiger partial charge >= 0.3 is 0 Å². The van der Waals surface area contributed by atoms with Crippen molar-refractivity contribution in [3.63, 3.8) is 0 Å². The zero-order valence-corrected chi connectivity index (χ0v) is 11.3. The van der Waals surface area contributed by atoms with E-state index in [1.165, 1.54) is 44.1 Å². The third-order valence-electron chi connectivity index (χ3n) is 3.27. The van der Waals surface area contributed by atoms with Crippen molar-refractivity contribution >= 4 is 0 Å². The SMILES string of the molecule is CCCCCCCCC(N)c1ncccc1C. The molecule has 2 N–H and O–H groups in total. The zero-order valence-electron chi connectivity index (χ0n) is 11.3. The van der Waals surface area contributed by atoms with E-state index in [2.05, 4.69) is 24.9 Å². The highest BCUT2D eigenvalue weighted by molar-refractivity contribution is 5.20. The average molecular weight is 234 g/mol. The summed E-state index contributed by atoms with van der Waals surface area (Å²) in [6.45, 7) is 4.34. The Morgan fingerprint density at radius 1 is 1.18 bits per heavy atom. The lowest BCUT2D eigenvalue weighted by atomic mass is 10.0. The molecule has 0 aliphatic rings. The first-order chi connectivity index (χ1) is 8.25. The Kier molecular flexibility index (Phi) is 6.87. The van der Waals surface area contributed by atoms with E-state index in [0.717, 1.165) is 12.1 Å². The van der Waals surface area contributed by atoms with Crippen molar-refractivity contribution in [3.8, 4) is 0 Å². The topological polar surface area (TPSA) is 38.9 Å². The highest BCUT2D eigenvalue weighted by atomic mass is 14.8. The van der Waals surface area contributed by atoms with Gasteiger partial charge in [0.2, 0.25) is 0 Å². The molecule has 0 saturated heterocycles. The average Bonchev–Trinajstić information content (AvgIpc) is 2.34. The number of nitrogens with two attached hydrogens (primary N) is 1. The van der Waals surface area contributed by atoms with E-state index < -0.39 is 0 Å². The molecule has 0 amide bonds. The van der Waals surface area contributed by atoms with Crippen LogP contribution in [0.25, 0.3) is 0 Å². The smallest absolute Gasteiger partial charge is 0.0600 e. The van der Waals surface area contributed by atoms with Gasteiger partial charge < -0.3 is 5.73 Å². The third kappa shape index (κ3) is 5.31. The summed E-state index contributed by atoms with van der Waals surface area (Å²) in [5.74, 6) is 0. The summed E-state index contributed by atoms with van der Waals surface area (Å²) >= 11 is 0. The number of hydrogen-bond acceptors (Lipinski definition) is 2. The summed E-state index contributed by atoms with van der Waals surface area (Å²) in [7, 11) is 0. The van der Waals surface area contributed by atoms with Crippen molar-refractivity contribution in [2.24, 2.45) is 5.73 Å². The van der Waals surface area contributed by atoms with Crippen LogP contribution in [0.1, 0.15) is 69.2 Å². The number of aromatic nitrogens is 1. The zero-order chi connectivity index (χ0) is 12.5. The number of nitrogens with zero attached hydrogens (tertiary/aromatic N) is 1. The summed E-state index contributed by atoms with van der Waals surface area (Å²) in [6, 6.07) is 4.17.